The van der Waals surface area contributed by atoms with E-state index in [4.69, 9.17) is 4.99 Å². The first-order valence-electron chi connectivity index (χ1n) is 12.9. The SMILES string of the molecule is Cc1ccc(N2C(=O)[C@H]3C4c5ccccc5C(C=Nc5ccc(I)cc5)(c5ccccc54)[C@H]3C2=O)c(C)c1. The summed E-state index contributed by atoms with van der Waals surface area (Å²) in [6, 6.07) is 30.5. The molecule has 4 aromatic rings. The van der Waals surface area contributed by atoms with Gasteiger partial charge in [0.15, 0.2) is 0 Å². The fraction of sp³-hybridized carbons (Fsp3) is 0.182. The summed E-state index contributed by atoms with van der Waals surface area (Å²) in [6.07, 6.45) is 1.95. The number of benzene rings is 4. The molecule has 1 heterocycles. The molecule has 38 heavy (non-hydrogen) atoms. The van der Waals surface area contributed by atoms with E-state index in [1.807, 2.05) is 86.8 Å². The quantitative estimate of drug-likeness (QED) is 0.145. The fourth-order valence-corrected chi connectivity index (χ4v) is 7.41. The number of nitrogens with zero attached hydrogens (tertiary/aromatic N) is 2. The maximum atomic E-state index is 14.5. The third-order valence-corrected chi connectivity index (χ3v) is 9.24. The highest BCUT2D eigenvalue weighted by Gasteiger charge is 2.68. The molecule has 0 N–H and O–H groups in total. The lowest BCUT2D eigenvalue weighted by molar-refractivity contribution is -0.122. The molecular formula is C33H25IN2O2. The van der Waals surface area contributed by atoms with Crippen molar-refractivity contribution >= 4 is 52.0 Å². The molecule has 5 heteroatoms. The van der Waals surface area contributed by atoms with Crippen molar-refractivity contribution in [3.8, 4) is 0 Å². The van der Waals surface area contributed by atoms with Gasteiger partial charge in [0.1, 0.15) is 0 Å². The molecule has 0 aromatic heterocycles. The van der Waals surface area contributed by atoms with Crippen LogP contribution in [0.25, 0.3) is 0 Å². The highest BCUT2D eigenvalue weighted by atomic mass is 127. The second-order valence-electron chi connectivity index (χ2n) is 10.6. The number of carbonyl (C=O) groups is 2. The second kappa shape index (κ2) is 8.46. The first-order valence-corrected chi connectivity index (χ1v) is 13.9. The van der Waals surface area contributed by atoms with Gasteiger partial charge in [-0.2, -0.15) is 0 Å². The Labute approximate surface area is 235 Å². The van der Waals surface area contributed by atoms with E-state index in [0.717, 1.165) is 42.6 Å². The van der Waals surface area contributed by atoms with Gasteiger partial charge in [0, 0.05) is 15.7 Å². The van der Waals surface area contributed by atoms with Crippen LogP contribution < -0.4 is 4.90 Å². The maximum Gasteiger partial charge on any atom is 0.239 e. The van der Waals surface area contributed by atoms with Crippen LogP contribution in [0.2, 0.25) is 0 Å². The third-order valence-electron chi connectivity index (χ3n) is 8.52. The molecule has 0 radical (unpaired) electrons. The molecule has 0 unspecified atom stereocenters. The van der Waals surface area contributed by atoms with Gasteiger partial charge >= 0.3 is 0 Å². The van der Waals surface area contributed by atoms with E-state index < -0.39 is 17.3 Å². The van der Waals surface area contributed by atoms with E-state index in [1.54, 1.807) is 0 Å². The normalized spacial score (nSPS) is 25.0. The number of amides is 2. The molecule has 186 valence electrons. The lowest BCUT2D eigenvalue weighted by atomic mass is 9.47. The molecule has 1 saturated heterocycles. The monoisotopic (exact) mass is 608 g/mol. The average Bonchev–Trinajstić information content (AvgIpc) is 3.19. The molecular weight excluding hydrogens is 583 g/mol. The van der Waals surface area contributed by atoms with Gasteiger partial charge < -0.3 is 0 Å². The molecule has 4 nitrogen and oxygen atoms in total. The van der Waals surface area contributed by atoms with Gasteiger partial charge in [0.2, 0.25) is 11.8 Å². The van der Waals surface area contributed by atoms with Crippen LogP contribution in [0.15, 0.2) is 96.0 Å². The highest BCUT2D eigenvalue weighted by Crippen LogP contribution is 2.63. The predicted octanol–water partition coefficient (Wildman–Crippen LogP) is 6.86. The first-order chi connectivity index (χ1) is 18.4. The Hall–Kier alpha value is -3.58. The first kappa shape index (κ1) is 23.5. The van der Waals surface area contributed by atoms with Gasteiger partial charge in [0.25, 0.3) is 0 Å². The van der Waals surface area contributed by atoms with Crippen molar-refractivity contribution in [2.24, 2.45) is 16.8 Å². The Morgan fingerprint density at radius 2 is 1.45 bits per heavy atom. The molecule has 4 aliphatic rings. The topological polar surface area (TPSA) is 49.7 Å². The highest BCUT2D eigenvalue weighted by molar-refractivity contribution is 14.1. The van der Waals surface area contributed by atoms with Crippen molar-refractivity contribution in [3.05, 3.63) is 128 Å². The van der Waals surface area contributed by atoms with Crippen LogP contribution in [-0.4, -0.2) is 18.0 Å². The van der Waals surface area contributed by atoms with Crippen molar-refractivity contribution < 1.29 is 9.59 Å². The summed E-state index contributed by atoms with van der Waals surface area (Å²) in [5.41, 5.74) is 7.05. The van der Waals surface area contributed by atoms with Gasteiger partial charge in [-0.05, 0) is 94.6 Å². The number of imide groups is 1. The van der Waals surface area contributed by atoms with Crippen LogP contribution in [0.5, 0.6) is 0 Å². The Balaban J connectivity index is 1.50. The van der Waals surface area contributed by atoms with Crippen molar-refractivity contribution in [1.29, 1.82) is 0 Å². The average molecular weight is 608 g/mol. The zero-order valence-corrected chi connectivity index (χ0v) is 23.2. The molecule has 3 aliphatic carbocycles. The van der Waals surface area contributed by atoms with Crippen molar-refractivity contribution in [1.82, 2.24) is 0 Å². The number of carbonyl (C=O) groups excluding carboxylic acids is 2. The van der Waals surface area contributed by atoms with E-state index in [1.165, 1.54) is 4.90 Å². The molecule has 1 fully saturated rings. The van der Waals surface area contributed by atoms with Gasteiger partial charge in [-0.1, -0.05) is 66.2 Å². The lowest BCUT2D eigenvalue weighted by Crippen LogP contribution is -2.54. The van der Waals surface area contributed by atoms with E-state index in [9.17, 15) is 9.59 Å². The Kier molecular flexibility index (Phi) is 5.24. The van der Waals surface area contributed by atoms with Gasteiger partial charge in [-0.3, -0.25) is 14.6 Å². The number of hydrogen-bond donors (Lipinski definition) is 0. The molecule has 0 saturated carbocycles. The van der Waals surface area contributed by atoms with Crippen molar-refractivity contribution in [3.63, 3.8) is 0 Å². The third kappa shape index (κ3) is 3.11. The second-order valence-corrected chi connectivity index (χ2v) is 11.8. The zero-order valence-electron chi connectivity index (χ0n) is 21.1. The fourth-order valence-electron chi connectivity index (χ4n) is 7.05. The summed E-state index contributed by atoms with van der Waals surface area (Å²) in [4.78, 5) is 35.2. The Morgan fingerprint density at radius 3 is 2.08 bits per heavy atom. The maximum absolute atomic E-state index is 14.5. The number of aliphatic imine (C=N–C) groups is 1. The number of anilines is 1. The minimum absolute atomic E-state index is 0.118. The predicted molar refractivity (Wildman–Crippen MR) is 158 cm³/mol. The molecule has 2 amide bonds. The number of halogens is 1. The molecule has 2 atom stereocenters. The molecule has 0 spiro atoms. The largest absolute Gasteiger partial charge is 0.274 e. The van der Waals surface area contributed by atoms with Crippen LogP contribution in [0.3, 0.4) is 0 Å². The van der Waals surface area contributed by atoms with Gasteiger partial charge in [-0.15, -0.1) is 0 Å². The summed E-state index contributed by atoms with van der Waals surface area (Å²) in [5.74, 6) is -1.49. The standard InChI is InChI=1S/C33H25IN2O2/c1-19-11-16-27(20(2)17-19)36-31(37)29-28-23-7-3-5-9-25(23)33(30(29)32(36)38,26-10-6-4-8-24(26)28)18-35-22-14-12-21(34)13-15-22/h3-18,28-30H,1-2H3/t28?,29-,30+,33?/m0/s1. The summed E-state index contributed by atoms with van der Waals surface area (Å²) in [5, 5.41) is 0. The van der Waals surface area contributed by atoms with Crippen LogP contribution in [0.1, 0.15) is 39.3 Å². The van der Waals surface area contributed by atoms with E-state index in [-0.39, 0.29) is 17.7 Å². The zero-order chi connectivity index (χ0) is 26.2. The van der Waals surface area contributed by atoms with E-state index in [0.29, 0.717) is 5.69 Å². The lowest BCUT2D eigenvalue weighted by Gasteiger charge is -2.52. The molecule has 1 aliphatic heterocycles. The van der Waals surface area contributed by atoms with Crippen LogP contribution in [-0.2, 0) is 15.0 Å². The van der Waals surface area contributed by atoms with Crippen molar-refractivity contribution in [2.75, 3.05) is 4.90 Å². The van der Waals surface area contributed by atoms with E-state index in [2.05, 4.69) is 46.9 Å². The number of aryl methyl sites for hydroxylation is 2. The Morgan fingerprint density at radius 1 is 0.816 bits per heavy atom. The summed E-state index contributed by atoms with van der Waals surface area (Å²) < 4.78 is 1.13. The minimum atomic E-state index is -0.851. The summed E-state index contributed by atoms with van der Waals surface area (Å²) in [7, 11) is 0. The van der Waals surface area contributed by atoms with Crippen LogP contribution in [0, 0.1) is 29.3 Å². The van der Waals surface area contributed by atoms with E-state index >= 15 is 0 Å². The van der Waals surface area contributed by atoms with Gasteiger partial charge in [0.05, 0.1) is 28.6 Å². The number of hydrogen-bond acceptors (Lipinski definition) is 3. The molecule has 8 rings (SSSR count). The minimum Gasteiger partial charge on any atom is -0.274 e. The van der Waals surface area contributed by atoms with Crippen LogP contribution >= 0.6 is 22.6 Å². The molecule has 4 aromatic carbocycles. The smallest absolute Gasteiger partial charge is 0.239 e. The molecule has 2 bridgehead atoms. The van der Waals surface area contributed by atoms with Crippen LogP contribution in [0.4, 0.5) is 11.4 Å². The van der Waals surface area contributed by atoms with Gasteiger partial charge in [-0.25, -0.2) is 4.90 Å². The Bertz CT molecular complexity index is 1630. The summed E-state index contributed by atoms with van der Waals surface area (Å²) in [6.45, 7) is 3.99. The summed E-state index contributed by atoms with van der Waals surface area (Å²) >= 11 is 2.28. The van der Waals surface area contributed by atoms with Crippen molar-refractivity contribution in [2.45, 2.75) is 25.2 Å². The number of rotatable bonds is 3.